The number of carbonyl (C=O) groups is 1. The molecule has 5 heteroatoms. The normalized spacial score (nSPS) is 14.2. The molecule has 2 atom stereocenters. The lowest BCUT2D eigenvalue weighted by Gasteiger charge is -2.17. The van der Waals surface area contributed by atoms with Crippen molar-refractivity contribution in [2.45, 2.75) is 31.7 Å². The van der Waals surface area contributed by atoms with Crippen molar-refractivity contribution in [3.63, 3.8) is 0 Å². The summed E-state index contributed by atoms with van der Waals surface area (Å²) in [4.78, 5) is 12.3. The predicted octanol–water partition coefficient (Wildman–Crippen LogP) is 1.54. The van der Waals surface area contributed by atoms with Gasteiger partial charge in [-0.2, -0.15) is 0 Å². The number of benzene rings is 1. The van der Waals surface area contributed by atoms with Gasteiger partial charge >= 0.3 is 0 Å². The summed E-state index contributed by atoms with van der Waals surface area (Å²) in [6.45, 7) is 5.99. The van der Waals surface area contributed by atoms with Gasteiger partial charge in [0.25, 0.3) is 0 Å². The fourth-order valence-electron chi connectivity index (χ4n) is 1.32. The van der Waals surface area contributed by atoms with Gasteiger partial charge in [0.2, 0.25) is 5.91 Å². The van der Waals surface area contributed by atoms with E-state index in [4.69, 9.17) is 5.73 Å². The number of rotatable bonds is 5. The van der Waals surface area contributed by atoms with Crippen LogP contribution in [0.25, 0.3) is 0 Å². The molecule has 2 unspecified atom stereocenters. The molecular formula is C13H20N2O2S. The number of nitrogens with one attached hydrogen (secondary N) is 1. The number of anilines is 1. The molecule has 0 radical (unpaired) electrons. The molecule has 0 aromatic heterocycles. The van der Waals surface area contributed by atoms with Crippen LogP contribution in [0.3, 0.4) is 0 Å². The number of carbonyl (C=O) groups excluding carboxylic acids is 1. The van der Waals surface area contributed by atoms with E-state index in [1.54, 1.807) is 24.3 Å². The van der Waals surface area contributed by atoms with E-state index in [0.717, 1.165) is 0 Å². The smallest absolute Gasteiger partial charge is 0.233 e. The highest BCUT2D eigenvalue weighted by Crippen LogP contribution is 2.11. The Hall–Kier alpha value is -1.36. The first kappa shape index (κ1) is 14.7. The monoisotopic (exact) mass is 268 g/mol. The molecule has 0 aliphatic rings. The largest absolute Gasteiger partial charge is 0.399 e. The van der Waals surface area contributed by atoms with E-state index in [2.05, 4.69) is 5.32 Å². The summed E-state index contributed by atoms with van der Waals surface area (Å²) in [5.41, 5.74) is 6.17. The van der Waals surface area contributed by atoms with Crippen LogP contribution in [0.5, 0.6) is 0 Å². The maximum absolute atomic E-state index is 12.0. The van der Waals surface area contributed by atoms with Crippen LogP contribution in [0.2, 0.25) is 0 Å². The average molecular weight is 268 g/mol. The minimum absolute atomic E-state index is 0.0273. The highest BCUT2D eigenvalue weighted by molar-refractivity contribution is 7.85. The molecule has 0 heterocycles. The van der Waals surface area contributed by atoms with Crippen LogP contribution in [0.4, 0.5) is 5.69 Å². The topological polar surface area (TPSA) is 72.2 Å². The molecule has 18 heavy (non-hydrogen) atoms. The molecule has 0 fully saturated rings. The van der Waals surface area contributed by atoms with Crippen molar-refractivity contribution in [2.24, 2.45) is 5.92 Å². The van der Waals surface area contributed by atoms with E-state index in [1.165, 1.54) is 0 Å². The third kappa shape index (κ3) is 4.49. The van der Waals surface area contributed by atoms with Crippen molar-refractivity contribution >= 4 is 22.4 Å². The Balaban J connectivity index is 2.57. The van der Waals surface area contributed by atoms with E-state index < -0.39 is 10.8 Å². The molecule has 0 aliphatic carbocycles. The molecule has 0 aliphatic heterocycles. The molecule has 3 N–H and O–H groups in total. The Labute approximate surface area is 110 Å². The van der Waals surface area contributed by atoms with Crippen LogP contribution in [0.15, 0.2) is 29.2 Å². The van der Waals surface area contributed by atoms with Crippen molar-refractivity contribution in [1.29, 1.82) is 0 Å². The zero-order valence-corrected chi connectivity index (χ0v) is 11.8. The fraction of sp³-hybridized carbons (Fsp3) is 0.462. The van der Waals surface area contributed by atoms with Gasteiger partial charge in [-0.3, -0.25) is 9.00 Å². The van der Waals surface area contributed by atoms with Gasteiger partial charge in [0, 0.05) is 16.6 Å². The van der Waals surface area contributed by atoms with Gasteiger partial charge in [-0.1, -0.05) is 19.9 Å². The van der Waals surface area contributed by atoms with Crippen molar-refractivity contribution < 1.29 is 9.00 Å². The first-order valence-corrected chi connectivity index (χ1v) is 7.25. The van der Waals surface area contributed by atoms with Crippen LogP contribution >= 0.6 is 0 Å². The maximum Gasteiger partial charge on any atom is 0.233 e. The summed E-state index contributed by atoms with van der Waals surface area (Å²) in [5, 5.41) is 2.83. The van der Waals surface area contributed by atoms with Gasteiger partial charge in [0.1, 0.15) is 5.75 Å². The summed E-state index contributed by atoms with van der Waals surface area (Å²) >= 11 is 0. The number of nitrogen functional groups attached to an aromatic ring is 1. The Kier molecular flexibility index (Phi) is 5.34. The van der Waals surface area contributed by atoms with Crippen molar-refractivity contribution in [3.8, 4) is 0 Å². The minimum Gasteiger partial charge on any atom is -0.399 e. The summed E-state index contributed by atoms with van der Waals surface area (Å²) in [7, 11) is -1.35. The Morgan fingerprint density at radius 3 is 2.61 bits per heavy atom. The predicted molar refractivity (Wildman–Crippen MR) is 74.6 cm³/mol. The molecule has 1 rings (SSSR count). The lowest BCUT2D eigenvalue weighted by molar-refractivity contribution is -0.119. The number of hydrogen-bond donors (Lipinski definition) is 2. The van der Waals surface area contributed by atoms with Gasteiger partial charge in [-0.05, 0) is 31.0 Å². The highest BCUT2D eigenvalue weighted by Gasteiger charge is 2.14. The Morgan fingerprint density at radius 1 is 1.39 bits per heavy atom. The maximum atomic E-state index is 12.0. The molecule has 0 saturated carbocycles. The van der Waals surface area contributed by atoms with Gasteiger partial charge in [0.15, 0.2) is 0 Å². The van der Waals surface area contributed by atoms with Crippen LogP contribution in [-0.2, 0) is 15.6 Å². The molecule has 4 nitrogen and oxygen atoms in total. The van der Waals surface area contributed by atoms with E-state index in [0.29, 0.717) is 16.5 Å². The molecule has 1 aromatic carbocycles. The first-order valence-electron chi connectivity index (χ1n) is 5.93. The van der Waals surface area contributed by atoms with E-state index >= 15 is 0 Å². The third-order valence-electron chi connectivity index (χ3n) is 2.77. The lowest BCUT2D eigenvalue weighted by Crippen LogP contribution is -2.38. The number of hydrogen-bond acceptors (Lipinski definition) is 3. The zero-order valence-electron chi connectivity index (χ0n) is 11.0. The fourth-order valence-corrected chi connectivity index (χ4v) is 2.31. The van der Waals surface area contributed by atoms with Crippen molar-refractivity contribution in [3.05, 3.63) is 24.3 Å². The van der Waals surface area contributed by atoms with E-state index in [9.17, 15) is 9.00 Å². The van der Waals surface area contributed by atoms with E-state index in [1.807, 2.05) is 20.8 Å². The van der Waals surface area contributed by atoms with Gasteiger partial charge in [0.05, 0.1) is 10.8 Å². The second-order valence-corrected chi connectivity index (χ2v) is 6.11. The van der Waals surface area contributed by atoms with Crippen LogP contribution in [0, 0.1) is 5.92 Å². The molecular weight excluding hydrogens is 248 g/mol. The summed E-state index contributed by atoms with van der Waals surface area (Å²) in [6.07, 6.45) is 0. The second kappa shape index (κ2) is 6.54. The molecule has 1 aromatic rings. The summed E-state index contributed by atoms with van der Waals surface area (Å²) < 4.78 is 12.0. The second-order valence-electron chi connectivity index (χ2n) is 4.66. The van der Waals surface area contributed by atoms with Crippen LogP contribution in [0.1, 0.15) is 20.8 Å². The minimum atomic E-state index is -1.35. The Bertz CT molecular complexity index is 446. The van der Waals surface area contributed by atoms with Gasteiger partial charge < -0.3 is 11.1 Å². The van der Waals surface area contributed by atoms with Crippen molar-refractivity contribution in [1.82, 2.24) is 5.32 Å². The van der Waals surface area contributed by atoms with Crippen molar-refractivity contribution in [2.75, 3.05) is 11.5 Å². The van der Waals surface area contributed by atoms with Crippen LogP contribution < -0.4 is 11.1 Å². The van der Waals surface area contributed by atoms with Crippen LogP contribution in [-0.4, -0.2) is 21.9 Å². The number of amides is 1. The highest BCUT2D eigenvalue weighted by atomic mass is 32.2. The van der Waals surface area contributed by atoms with E-state index in [-0.39, 0.29) is 17.7 Å². The summed E-state index contributed by atoms with van der Waals surface area (Å²) in [5.74, 6) is 0.132. The SMILES string of the molecule is CC(C)C(C)NC(=O)CS(=O)c1cccc(N)c1. The molecule has 1 amide bonds. The molecule has 0 spiro atoms. The standard InChI is InChI=1S/C13H20N2O2S/c1-9(2)10(3)15-13(16)8-18(17)12-6-4-5-11(14)7-12/h4-7,9-10H,8,14H2,1-3H3,(H,15,16). The lowest BCUT2D eigenvalue weighted by atomic mass is 10.1. The average Bonchev–Trinajstić information content (AvgIpc) is 2.28. The number of nitrogens with two attached hydrogens (primary N) is 1. The quantitative estimate of drug-likeness (QED) is 0.796. The molecule has 100 valence electrons. The van der Waals surface area contributed by atoms with Gasteiger partial charge in [-0.15, -0.1) is 0 Å². The zero-order chi connectivity index (χ0) is 13.7. The molecule has 0 bridgehead atoms. The van der Waals surface area contributed by atoms with Gasteiger partial charge in [-0.25, -0.2) is 0 Å². The third-order valence-corrected chi connectivity index (χ3v) is 4.08. The molecule has 0 saturated heterocycles. The first-order chi connectivity index (χ1) is 8.40. The summed E-state index contributed by atoms with van der Waals surface area (Å²) in [6, 6.07) is 6.88. The Morgan fingerprint density at radius 2 is 2.06 bits per heavy atom.